The minimum atomic E-state index is -0.295. The van der Waals surface area contributed by atoms with Crippen LogP contribution < -0.4 is 5.32 Å². The predicted molar refractivity (Wildman–Crippen MR) is 74.4 cm³/mol. The number of nitro benzene ring substituents is 1. The highest BCUT2D eigenvalue weighted by Gasteiger charge is 2.35. The SMILES string of the molecule is Cc1cccc([N+](=O)[O-])c1NC1CN2CCC1CC2. The van der Waals surface area contributed by atoms with Crippen LogP contribution in [0.25, 0.3) is 0 Å². The van der Waals surface area contributed by atoms with Gasteiger partial charge in [-0.25, -0.2) is 0 Å². The maximum atomic E-state index is 11.1. The summed E-state index contributed by atoms with van der Waals surface area (Å²) >= 11 is 0. The van der Waals surface area contributed by atoms with Gasteiger partial charge >= 0.3 is 0 Å². The van der Waals surface area contributed by atoms with E-state index in [2.05, 4.69) is 10.2 Å². The molecular formula is C14H19N3O2. The van der Waals surface area contributed by atoms with Crippen molar-refractivity contribution in [3.8, 4) is 0 Å². The molecule has 3 aliphatic rings. The van der Waals surface area contributed by atoms with Crippen LogP contribution in [-0.4, -0.2) is 35.5 Å². The molecule has 0 radical (unpaired) electrons. The van der Waals surface area contributed by atoms with E-state index in [9.17, 15) is 10.1 Å². The number of nitro groups is 1. The molecule has 5 heteroatoms. The van der Waals surface area contributed by atoms with Crippen molar-refractivity contribution in [1.29, 1.82) is 0 Å². The minimum absolute atomic E-state index is 0.191. The van der Waals surface area contributed by atoms with Crippen molar-refractivity contribution in [2.75, 3.05) is 25.0 Å². The summed E-state index contributed by atoms with van der Waals surface area (Å²) in [6.07, 6.45) is 2.41. The summed E-state index contributed by atoms with van der Waals surface area (Å²) in [5, 5.41) is 14.6. The first-order valence-electron chi connectivity index (χ1n) is 6.88. The van der Waals surface area contributed by atoms with E-state index in [-0.39, 0.29) is 10.6 Å². The Kier molecular flexibility index (Phi) is 3.14. The molecule has 0 amide bonds. The van der Waals surface area contributed by atoms with Gasteiger partial charge in [0.1, 0.15) is 5.69 Å². The number of hydrogen-bond donors (Lipinski definition) is 1. The van der Waals surface area contributed by atoms with E-state index >= 15 is 0 Å². The zero-order chi connectivity index (χ0) is 13.4. The normalized spacial score (nSPS) is 29.2. The highest BCUT2D eigenvalue weighted by molar-refractivity contribution is 5.66. The van der Waals surface area contributed by atoms with Gasteiger partial charge in [0.05, 0.1) is 4.92 Å². The zero-order valence-electron chi connectivity index (χ0n) is 11.1. The molecule has 4 rings (SSSR count). The summed E-state index contributed by atoms with van der Waals surface area (Å²) in [4.78, 5) is 13.3. The number of nitrogens with one attached hydrogen (secondary N) is 1. The van der Waals surface area contributed by atoms with E-state index in [1.54, 1.807) is 12.1 Å². The lowest BCUT2D eigenvalue weighted by atomic mass is 9.84. The number of anilines is 1. The lowest BCUT2D eigenvalue weighted by Gasteiger charge is -2.45. The standard InChI is InChI=1S/C14H19N3O2/c1-10-3-2-4-13(17(18)19)14(10)15-12-9-16-7-5-11(12)6-8-16/h2-4,11-12,15H,5-9H2,1H3. The number of hydrogen-bond acceptors (Lipinski definition) is 4. The average molecular weight is 261 g/mol. The quantitative estimate of drug-likeness (QED) is 0.670. The summed E-state index contributed by atoms with van der Waals surface area (Å²) in [5.41, 5.74) is 1.84. The summed E-state index contributed by atoms with van der Waals surface area (Å²) in [6, 6.07) is 5.60. The Bertz CT molecular complexity index is 495. The van der Waals surface area contributed by atoms with Crippen LogP contribution in [0.4, 0.5) is 11.4 Å². The van der Waals surface area contributed by atoms with Crippen LogP contribution in [0.3, 0.4) is 0 Å². The van der Waals surface area contributed by atoms with Crippen LogP contribution in [0.15, 0.2) is 18.2 Å². The topological polar surface area (TPSA) is 58.4 Å². The molecule has 1 aromatic rings. The fourth-order valence-electron chi connectivity index (χ4n) is 3.31. The van der Waals surface area contributed by atoms with Crippen LogP contribution in [0, 0.1) is 23.0 Å². The second-order valence-corrected chi connectivity index (χ2v) is 5.62. The van der Waals surface area contributed by atoms with E-state index in [0.29, 0.717) is 17.6 Å². The third-order valence-electron chi connectivity index (χ3n) is 4.43. The molecule has 1 aromatic carbocycles. The fourth-order valence-corrected chi connectivity index (χ4v) is 3.31. The number of benzene rings is 1. The van der Waals surface area contributed by atoms with Crippen molar-refractivity contribution in [2.45, 2.75) is 25.8 Å². The lowest BCUT2D eigenvalue weighted by Crippen LogP contribution is -2.53. The third kappa shape index (κ3) is 2.30. The summed E-state index contributed by atoms with van der Waals surface area (Å²) < 4.78 is 0. The van der Waals surface area contributed by atoms with Crippen molar-refractivity contribution in [2.24, 2.45) is 5.92 Å². The van der Waals surface area contributed by atoms with Gasteiger partial charge in [-0.05, 0) is 44.3 Å². The Morgan fingerprint density at radius 1 is 1.37 bits per heavy atom. The van der Waals surface area contributed by atoms with Gasteiger partial charge in [0.2, 0.25) is 0 Å². The molecule has 0 saturated carbocycles. The molecule has 19 heavy (non-hydrogen) atoms. The molecular weight excluding hydrogens is 242 g/mol. The Labute approximate surface area is 112 Å². The van der Waals surface area contributed by atoms with Crippen molar-refractivity contribution in [3.05, 3.63) is 33.9 Å². The van der Waals surface area contributed by atoms with Crippen molar-refractivity contribution < 1.29 is 4.92 Å². The van der Waals surface area contributed by atoms with Crippen LogP contribution in [0.5, 0.6) is 0 Å². The number of rotatable bonds is 3. The Morgan fingerprint density at radius 2 is 2.11 bits per heavy atom. The van der Waals surface area contributed by atoms with Gasteiger partial charge in [-0.2, -0.15) is 0 Å². The maximum absolute atomic E-state index is 11.1. The smallest absolute Gasteiger partial charge is 0.292 e. The van der Waals surface area contributed by atoms with Crippen LogP contribution >= 0.6 is 0 Å². The molecule has 0 aromatic heterocycles. The van der Waals surface area contributed by atoms with E-state index < -0.39 is 0 Å². The predicted octanol–water partition coefficient (Wildman–Crippen LogP) is 2.41. The largest absolute Gasteiger partial charge is 0.375 e. The zero-order valence-corrected chi connectivity index (χ0v) is 11.1. The van der Waals surface area contributed by atoms with Crippen molar-refractivity contribution >= 4 is 11.4 Å². The second kappa shape index (κ2) is 4.81. The Hall–Kier alpha value is -1.62. The molecule has 0 spiro atoms. The van der Waals surface area contributed by atoms with Crippen LogP contribution in [0.2, 0.25) is 0 Å². The average Bonchev–Trinajstić information content (AvgIpc) is 2.42. The highest BCUT2D eigenvalue weighted by atomic mass is 16.6. The molecule has 1 unspecified atom stereocenters. The van der Waals surface area contributed by atoms with Gasteiger partial charge in [-0.1, -0.05) is 12.1 Å². The van der Waals surface area contributed by atoms with Gasteiger partial charge in [-0.15, -0.1) is 0 Å². The van der Waals surface area contributed by atoms with Crippen molar-refractivity contribution in [1.82, 2.24) is 4.90 Å². The molecule has 3 saturated heterocycles. The maximum Gasteiger partial charge on any atom is 0.292 e. The minimum Gasteiger partial charge on any atom is -0.375 e. The number of aryl methyl sites for hydroxylation is 1. The highest BCUT2D eigenvalue weighted by Crippen LogP contribution is 2.34. The van der Waals surface area contributed by atoms with Crippen molar-refractivity contribution in [3.63, 3.8) is 0 Å². The Morgan fingerprint density at radius 3 is 2.68 bits per heavy atom. The first kappa shape index (κ1) is 12.4. The van der Waals surface area contributed by atoms with Gasteiger partial charge < -0.3 is 10.2 Å². The third-order valence-corrected chi connectivity index (χ3v) is 4.43. The van der Waals surface area contributed by atoms with Gasteiger partial charge in [-0.3, -0.25) is 10.1 Å². The fraction of sp³-hybridized carbons (Fsp3) is 0.571. The monoisotopic (exact) mass is 261 g/mol. The van der Waals surface area contributed by atoms with Gasteiger partial charge in [0.15, 0.2) is 0 Å². The number of fused-ring (bicyclic) bond motifs is 3. The molecule has 1 N–H and O–H groups in total. The van der Waals surface area contributed by atoms with Gasteiger partial charge in [0.25, 0.3) is 5.69 Å². The summed E-state index contributed by atoms with van der Waals surface area (Å²) in [7, 11) is 0. The lowest BCUT2D eigenvalue weighted by molar-refractivity contribution is -0.384. The first-order chi connectivity index (χ1) is 9.15. The van der Waals surface area contributed by atoms with E-state index in [4.69, 9.17) is 0 Å². The molecule has 3 aliphatic heterocycles. The molecule has 3 fully saturated rings. The summed E-state index contributed by atoms with van der Waals surface area (Å²) in [6.45, 7) is 5.30. The second-order valence-electron chi connectivity index (χ2n) is 5.62. The number of piperidine rings is 3. The molecule has 102 valence electrons. The van der Waals surface area contributed by atoms with Crippen LogP contribution in [-0.2, 0) is 0 Å². The number of nitrogens with zero attached hydrogens (tertiary/aromatic N) is 2. The van der Waals surface area contributed by atoms with Gasteiger partial charge in [0, 0.05) is 18.7 Å². The molecule has 1 atom stereocenters. The molecule has 2 bridgehead atoms. The number of para-hydroxylation sites is 1. The molecule has 5 nitrogen and oxygen atoms in total. The van der Waals surface area contributed by atoms with E-state index in [0.717, 1.165) is 12.1 Å². The van der Waals surface area contributed by atoms with E-state index in [1.165, 1.54) is 25.9 Å². The van der Waals surface area contributed by atoms with Crippen LogP contribution in [0.1, 0.15) is 18.4 Å². The molecule has 0 aliphatic carbocycles. The van der Waals surface area contributed by atoms with E-state index in [1.807, 2.05) is 13.0 Å². The molecule has 3 heterocycles. The summed E-state index contributed by atoms with van der Waals surface area (Å²) in [5.74, 6) is 0.657. The first-order valence-corrected chi connectivity index (χ1v) is 6.88. The Balaban J connectivity index is 1.85.